The van der Waals surface area contributed by atoms with E-state index < -0.39 is 0 Å². The summed E-state index contributed by atoms with van der Waals surface area (Å²) in [5.41, 5.74) is 2.33. The molecule has 4 heteroatoms. The Morgan fingerprint density at radius 1 is 1.29 bits per heavy atom. The minimum atomic E-state index is -0.0524. The zero-order valence-corrected chi connectivity index (χ0v) is 11.0. The minimum Gasteiger partial charge on any atom is -0.293 e. The van der Waals surface area contributed by atoms with Crippen LogP contribution in [0.3, 0.4) is 0 Å². The van der Waals surface area contributed by atoms with E-state index in [1.54, 1.807) is 0 Å². The van der Waals surface area contributed by atoms with Crippen LogP contribution in [0.4, 0.5) is 0 Å². The molecule has 0 spiro atoms. The van der Waals surface area contributed by atoms with Gasteiger partial charge in [-0.1, -0.05) is 20.3 Å². The van der Waals surface area contributed by atoms with Gasteiger partial charge in [-0.2, -0.15) is 0 Å². The van der Waals surface area contributed by atoms with Gasteiger partial charge in [0.2, 0.25) is 0 Å². The van der Waals surface area contributed by atoms with E-state index in [4.69, 9.17) is 5.84 Å². The molecule has 1 saturated carbocycles. The van der Waals surface area contributed by atoms with E-state index in [1.807, 2.05) is 0 Å². The zero-order chi connectivity index (χ0) is 12.4. The Morgan fingerprint density at radius 2 is 1.88 bits per heavy atom. The second-order valence-electron chi connectivity index (χ2n) is 6.05. The normalized spacial score (nSPS) is 31.3. The first-order chi connectivity index (χ1) is 8.11. The van der Waals surface area contributed by atoms with Crippen LogP contribution in [0.5, 0.6) is 0 Å². The second-order valence-corrected chi connectivity index (χ2v) is 6.05. The van der Waals surface area contributed by atoms with Crippen LogP contribution in [0, 0.1) is 17.8 Å². The first-order valence-electron chi connectivity index (χ1n) is 6.86. The number of fused-ring (bicyclic) bond motifs is 2. The summed E-state index contributed by atoms with van der Waals surface area (Å²) in [6, 6.07) is -0.0524. The van der Waals surface area contributed by atoms with Gasteiger partial charge in [0.15, 0.2) is 0 Å². The Labute approximate surface area is 104 Å². The highest BCUT2D eigenvalue weighted by atomic mass is 16.2. The minimum absolute atomic E-state index is 0.0278. The summed E-state index contributed by atoms with van der Waals surface area (Å²) in [4.78, 5) is 14.3. The summed E-state index contributed by atoms with van der Waals surface area (Å²) in [6.45, 7) is 6.36. The summed E-state index contributed by atoms with van der Waals surface area (Å²) >= 11 is 0. The highest BCUT2D eigenvalue weighted by Crippen LogP contribution is 2.35. The lowest BCUT2D eigenvalue weighted by atomic mass is 9.77. The van der Waals surface area contributed by atoms with Crippen molar-refractivity contribution in [2.75, 3.05) is 13.1 Å². The number of piperidine rings is 1. The topological polar surface area (TPSA) is 58.4 Å². The highest BCUT2D eigenvalue weighted by Gasteiger charge is 2.37. The predicted octanol–water partition coefficient (Wildman–Crippen LogP) is 1.12. The van der Waals surface area contributed by atoms with E-state index in [0.29, 0.717) is 5.92 Å². The van der Waals surface area contributed by atoms with Gasteiger partial charge in [0, 0.05) is 13.1 Å². The second kappa shape index (κ2) is 5.36. The van der Waals surface area contributed by atoms with E-state index >= 15 is 0 Å². The predicted molar refractivity (Wildman–Crippen MR) is 68.0 cm³/mol. The van der Waals surface area contributed by atoms with Crippen LogP contribution in [0.25, 0.3) is 0 Å². The molecule has 1 aliphatic carbocycles. The molecule has 4 nitrogen and oxygen atoms in total. The summed E-state index contributed by atoms with van der Waals surface area (Å²) in [5.74, 6) is 7.20. The van der Waals surface area contributed by atoms with Gasteiger partial charge in [-0.3, -0.25) is 15.1 Å². The molecule has 17 heavy (non-hydrogen) atoms. The maximum absolute atomic E-state index is 11.9. The number of nitrogens with one attached hydrogen (secondary N) is 1. The number of carbonyl (C=O) groups is 1. The van der Waals surface area contributed by atoms with E-state index in [0.717, 1.165) is 24.9 Å². The smallest absolute Gasteiger partial charge is 0.251 e. The maximum atomic E-state index is 11.9. The number of hydrazine groups is 1. The number of nitrogens with zero attached hydrogens (tertiary/aromatic N) is 1. The molecule has 1 aliphatic heterocycles. The van der Waals surface area contributed by atoms with Crippen molar-refractivity contribution in [3.63, 3.8) is 0 Å². The van der Waals surface area contributed by atoms with Crippen LogP contribution < -0.4 is 11.3 Å². The van der Waals surface area contributed by atoms with Crippen molar-refractivity contribution < 1.29 is 4.79 Å². The summed E-state index contributed by atoms with van der Waals surface area (Å²) < 4.78 is 0. The van der Waals surface area contributed by atoms with E-state index in [-0.39, 0.29) is 11.9 Å². The average molecular weight is 239 g/mol. The molecule has 98 valence electrons. The van der Waals surface area contributed by atoms with Crippen LogP contribution in [0.1, 0.15) is 39.5 Å². The molecule has 2 bridgehead atoms. The Bertz CT molecular complexity index is 268. The standard InChI is InChI=1S/C13H25N3O/c1-9(2)12(13(17)15-14)16-7-10-4-3-5-11(6-10)8-16/h9-12H,3-8,14H2,1-2H3,(H,15,17). The molecule has 2 fully saturated rings. The average Bonchev–Trinajstić information content (AvgIpc) is 2.28. The van der Waals surface area contributed by atoms with Crippen molar-refractivity contribution in [1.29, 1.82) is 0 Å². The quantitative estimate of drug-likeness (QED) is 0.441. The van der Waals surface area contributed by atoms with Gasteiger partial charge in [0.25, 0.3) is 5.91 Å². The zero-order valence-electron chi connectivity index (χ0n) is 11.0. The lowest BCUT2D eigenvalue weighted by Gasteiger charge is -2.45. The first-order valence-corrected chi connectivity index (χ1v) is 6.86. The van der Waals surface area contributed by atoms with Gasteiger partial charge in [-0.25, -0.2) is 5.84 Å². The number of likely N-dealkylation sites (tertiary alicyclic amines) is 1. The van der Waals surface area contributed by atoms with Crippen molar-refractivity contribution in [2.24, 2.45) is 23.6 Å². The van der Waals surface area contributed by atoms with E-state index in [1.165, 1.54) is 25.7 Å². The fraction of sp³-hybridized carbons (Fsp3) is 0.923. The van der Waals surface area contributed by atoms with Crippen LogP contribution in [-0.4, -0.2) is 29.9 Å². The molecule has 0 aromatic carbocycles. The monoisotopic (exact) mass is 239 g/mol. The third-order valence-electron chi connectivity index (χ3n) is 4.31. The van der Waals surface area contributed by atoms with E-state index in [9.17, 15) is 4.79 Å². The molecule has 1 amide bonds. The molecular weight excluding hydrogens is 214 g/mol. The van der Waals surface area contributed by atoms with Crippen molar-refractivity contribution in [3.05, 3.63) is 0 Å². The number of carbonyl (C=O) groups excluding carboxylic acids is 1. The lowest BCUT2D eigenvalue weighted by Crippen LogP contribution is -2.56. The van der Waals surface area contributed by atoms with Gasteiger partial charge in [-0.15, -0.1) is 0 Å². The number of hydrogen-bond donors (Lipinski definition) is 2. The molecule has 3 N–H and O–H groups in total. The molecule has 0 aromatic rings. The molecule has 3 atom stereocenters. The van der Waals surface area contributed by atoms with Crippen LogP contribution in [-0.2, 0) is 4.79 Å². The molecule has 2 rings (SSSR count). The van der Waals surface area contributed by atoms with Crippen LogP contribution in [0.2, 0.25) is 0 Å². The summed E-state index contributed by atoms with van der Waals surface area (Å²) in [7, 11) is 0. The Balaban J connectivity index is 2.06. The molecule has 0 radical (unpaired) electrons. The fourth-order valence-corrected chi connectivity index (χ4v) is 3.67. The first kappa shape index (κ1) is 12.8. The number of nitrogens with two attached hydrogens (primary N) is 1. The Kier molecular flexibility index (Phi) is 4.05. The number of amides is 1. The van der Waals surface area contributed by atoms with Crippen molar-refractivity contribution in [2.45, 2.75) is 45.6 Å². The molecular formula is C13H25N3O. The van der Waals surface area contributed by atoms with Crippen LogP contribution in [0.15, 0.2) is 0 Å². The van der Waals surface area contributed by atoms with E-state index in [2.05, 4.69) is 24.2 Å². The SMILES string of the molecule is CC(C)C(C(=O)NN)N1CC2CCCC(C2)C1. The number of hydrogen-bond acceptors (Lipinski definition) is 3. The number of rotatable bonds is 3. The van der Waals surface area contributed by atoms with Crippen molar-refractivity contribution in [3.8, 4) is 0 Å². The molecule has 1 saturated heterocycles. The van der Waals surface area contributed by atoms with Gasteiger partial charge in [0.05, 0.1) is 6.04 Å². The van der Waals surface area contributed by atoms with Gasteiger partial charge >= 0.3 is 0 Å². The maximum Gasteiger partial charge on any atom is 0.251 e. The lowest BCUT2D eigenvalue weighted by molar-refractivity contribution is -0.130. The molecule has 0 aromatic heterocycles. The summed E-state index contributed by atoms with van der Waals surface area (Å²) in [5, 5.41) is 0. The van der Waals surface area contributed by atoms with Crippen molar-refractivity contribution in [1.82, 2.24) is 10.3 Å². The Hall–Kier alpha value is -0.610. The van der Waals surface area contributed by atoms with Gasteiger partial charge < -0.3 is 0 Å². The van der Waals surface area contributed by atoms with Gasteiger partial charge in [-0.05, 0) is 37.0 Å². The molecule has 1 heterocycles. The third-order valence-corrected chi connectivity index (χ3v) is 4.31. The van der Waals surface area contributed by atoms with Crippen LogP contribution >= 0.6 is 0 Å². The third kappa shape index (κ3) is 2.80. The summed E-state index contributed by atoms with van der Waals surface area (Å²) in [6.07, 6.45) is 5.41. The molecule has 2 aliphatic rings. The fourth-order valence-electron chi connectivity index (χ4n) is 3.67. The van der Waals surface area contributed by atoms with Crippen molar-refractivity contribution >= 4 is 5.91 Å². The highest BCUT2D eigenvalue weighted by molar-refractivity contribution is 5.81. The Morgan fingerprint density at radius 3 is 2.35 bits per heavy atom. The largest absolute Gasteiger partial charge is 0.293 e. The molecule has 3 unspecified atom stereocenters. The van der Waals surface area contributed by atoms with Gasteiger partial charge in [0.1, 0.15) is 0 Å².